The van der Waals surface area contributed by atoms with Gasteiger partial charge in [-0.15, -0.1) is 0 Å². The van der Waals surface area contributed by atoms with E-state index < -0.39 is 21.9 Å². The summed E-state index contributed by atoms with van der Waals surface area (Å²) in [4.78, 5) is 23.6. The van der Waals surface area contributed by atoms with E-state index in [0.29, 0.717) is 5.02 Å². The molecular weight excluding hydrogens is 451 g/mol. The van der Waals surface area contributed by atoms with E-state index in [4.69, 9.17) is 23.2 Å². The average Bonchev–Trinajstić information content (AvgIpc) is 2.71. The quantitative estimate of drug-likeness (QED) is 0.487. The van der Waals surface area contributed by atoms with Crippen LogP contribution in [-0.4, -0.2) is 25.4 Å². The van der Waals surface area contributed by atoms with Gasteiger partial charge in [-0.3, -0.25) is 9.52 Å². The normalized spacial score (nSPS) is 11.0. The maximum absolute atomic E-state index is 12.5. The number of hydrogen-bond donors (Lipinski definition) is 3. The third kappa shape index (κ3) is 4.91. The van der Waals surface area contributed by atoms with Crippen LogP contribution in [0.5, 0.6) is 0 Å². The first kappa shape index (κ1) is 21.6. The first-order chi connectivity index (χ1) is 14.2. The molecule has 3 aromatic rings. The summed E-state index contributed by atoms with van der Waals surface area (Å²) in [6, 6.07) is 15.4. The fourth-order valence-electron chi connectivity index (χ4n) is 2.53. The molecule has 0 aliphatic heterocycles. The molecule has 30 heavy (non-hydrogen) atoms. The number of carbonyl (C=O) groups excluding carboxylic acids is 1. The van der Waals surface area contributed by atoms with Crippen molar-refractivity contribution in [2.75, 3.05) is 10.0 Å². The van der Waals surface area contributed by atoms with Crippen molar-refractivity contribution >= 4 is 56.5 Å². The molecule has 0 atom stereocenters. The smallest absolute Gasteiger partial charge is 0.337 e. The summed E-state index contributed by atoms with van der Waals surface area (Å²) >= 11 is 11.7. The zero-order valence-corrected chi connectivity index (χ0v) is 17.4. The molecule has 0 aliphatic carbocycles. The van der Waals surface area contributed by atoms with E-state index in [9.17, 15) is 23.1 Å². The summed E-state index contributed by atoms with van der Waals surface area (Å²) in [7, 11) is -3.92. The number of carboxylic acid groups (broad SMARTS) is 1. The third-order valence-electron chi connectivity index (χ3n) is 4.00. The predicted molar refractivity (Wildman–Crippen MR) is 115 cm³/mol. The first-order valence-corrected chi connectivity index (χ1v) is 10.6. The molecule has 3 N–H and O–H groups in total. The van der Waals surface area contributed by atoms with Gasteiger partial charge in [-0.2, -0.15) is 0 Å². The molecule has 10 heteroatoms. The number of carboxylic acids is 1. The van der Waals surface area contributed by atoms with Crippen LogP contribution in [-0.2, 0) is 10.0 Å². The van der Waals surface area contributed by atoms with E-state index in [-0.39, 0.29) is 32.4 Å². The van der Waals surface area contributed by atoms with Crippen molar-refractivity contribution in [2.24, 2.45) is 0 Å². The van der Waals surface area contributed by atoms with Gasteiger partial charge in [-0.1, -0.05) is 35.3 Å². The Balaban J connectivity index is 1.77. The number of benzene rings is 3. The second-order valence-corrected chi connectivity index (χ2v) is 8.56. The molecule has 154 valence electrons. The van der Waals surface area contributed by atoms with Gasteiger partial charge in [0.25, 0.3) is 15.9 Å². The number of anilines is 2. The van der Waals surface area contributed by atoms with Crippen LogP contribution < -0.4 is 10.0 Å². The lowest BCUT2D eigenvalue weighted by Crippen LogP contribution is -2.16. The van der Waals surface area contributed by atoms with Crippen molar-refractivity contribution in [1.82, 2.24) is 0 Å². The number of aromatic carboxylic acids is 1. The lowest BCUT2D eigenvalue weighted by Gasteiger charge is -2.10. The Morgan fingerprint density at radius 1 is 0.867 bits per heavy atom. The van der Waals surface area contributed by atoms with Gasteiger partial charge in [0, 0.05) is 5.56 Å². The average molecular weight is 465 g/mol. The second kappa shape index (κ2) is 8.74. The lowest BCUT2D eigenvalue weighted by molar-refractivity contribution is 0.0698. The Kier molecular flexibility index (Phi) is 6.31. The van der Waals surface area contributed by atoms with Crippen molar-refractivity contribution < 1.29 is 23.1 Å². The van der Waals surface area contributed by atoms with Gasteiger partial charge in [0.2, 0.25) is 0 Å². The number of hydrogen-bond acceptors (Lipinski definition) is 4. The highest BCUT2D eigenvalue weighted by Crippen LogP contribution is 2.26. The molecule has 0 saturated heterocycles. The highest BCUT2D eigenvalue weighted by Gasteiger charge is 2.17. The molecule has 0 bridgehead atoms. The van der Waals surface area contributed by atoms with Crippen LogP contribution in [0.25, 0.3) is 0 Å². The summed E-state index contributed by atoms with van der Waals surface area (Å²) in [5.74, 6) is -1.76. The van der Waals surface area contributed by atoms with Crippen molar-refractivity contribution in [2.45, 2.75) is 4.90 Å². The Bertz CT molecular complexity index is 1230. The van der Waals surface area contributed by atoms with Crippen LogP contribution in [0.2, 0.25) is 10.0 Å². The molecule has 0 spiro atoms. The van der Waals surface area contributed by atoms with Crippen LogP contribution >= 0.6 is 23.2 Å². The van der Waals surface area contributed by atoms with E-state index >= 15 is 0 Å². The monoisotopic (exact) mass is 464 g/mol. The van der Waals surface area contributed by atoms with E-state index in [2.05, 4.69) is 10.0 Å². The summed E-state index contributed by atoms with van der Waals surface area (Å²) in [5.41, 5.74) is 0.462. The molecule has 1 amide bonds. The number of carbonyl (C=O) groups is 2. The fourth-order valence-corrected chi connectivity index (χ4v) is 3.88. The van der Waals surface area contributed by atoms with Crippen molar-refractivity contribution in [3.05, 3.63) is 87.9 Å². The molecule has 0 unspecified atom stereocenters. The van der Waals surface area contributed by atoms with E-state index in [1.807, 2.05) is 0 Å². The van der Waals surface area contributed by atoms with Gasteiger partial charge in [0.05, 0.1) is 31.9 Å². The van der Waals surface area contributed by atoms with Gasteiger partial charge >= 0.3 is 5.97 Å². The number of nitrogens with one attached hydrogen (secondary N) is 2. The number of amides is 1. The Morgan fingerprint density at radius 2 is 1.53 bits per heavy atom. The van der Waals surface area contributed by atoms with Gasteiger partial charge < -0.3 is 10.4 Å². The molecule has 0 heterocycles. The fraction of sp³-hybridized carbons (Fsp3) is 0. The van der Waals surface area contributed by atoms with Crippen LogP contribution in [0.1, 0.15) is 20.7 Å². The predicted octanol–water partition coefficient (Wildman–Crippen LogP) is 4.74. The van der Waals surface area contributed by atoms with E-state index in [1.165, 1.54) is 54.6 Å². The molecule has 3 aromatic carbocycles. The van der Waals surface area contributed by atoms with Gasteiger partial charge in [-0.25, -0.2) is 13.2 Å². The molecule has 0 radical (unpaired) electrons. The van der Waals surface area contributed by atoms with Gasteiger partial charge in [-0.05, 0) is 54.6 Å². The highest BCUT2D eigenvalue weighted by molar-refractivity contribution is 7.92. The lowest BCUT2D eigenvalue weighted by atomic mass is 10.1. The van der Waals surface area contributed by atoms with Crippen LogP contribution in [0.15, 0.2) is 71.6 Å². The summed E-state index contributed by atoms with van der Waals surface area (Å²) in [5, 5.41) is 12.2. The summed E-state index contributed by atoms with van der Waals surface area (Å²) < 4.78 is 27.4. The SMILES string of the molecule is O=C(Nc1ccccc1C(=O)O)c1ccc(S(=O)(=O)Nc2ccc(Cl)c(Cl)c2)cc1. The van der Waals surface area contributed by atoms with Crippen LogP contribution in [0.4, 0.5) is 11.4 Å². The number of para-hydroxylation sites is 1. The molecule has 0 aliphatic rings. The van der Waals surface area contributed by atoms with Crippen molar-refractivity contribution in [3.8, 4) is 0 Å². The Morgan fingerprint density at radius 3 is 2.17 bits per heavy atom. The van der Waals surface area contributed by atoms with E-state index in [1.54, 1.807) is 12.1 Å². The molecule has 7 nitrogen and oxygen atoms in total. The number of halogens is 2. The Labute approximate surface area is 182 Å². The highest BCUT2D eigenvalue weighted by atomic mass is 35.5. The Hall–Kier alpha value is -3.07. The minimum Gasteiger partial charge on any atom is -0.478 e. The summed E-state index contributed by atoms with van der Waals surface area (Å²) in [6.07, 6.45) is 0. The minimum absolute atomic E-state index is 0.0594. The second-order valence-electron chi connectivity index (χ2n) is 6.06. The van der Waals surface area contributed by atoms with Crippen LogP contribution in [0.3, 0.4) is 0 Å². The minimum atomic E-state index is -3.92. The molecule has 3 rings (SSSR count). The molecule has 0 aromatic heterocycles. The van der Waals surface area contributed by atoms with Crippen molar-refractivity contribution in [1.29, 1.82) is 0 Å². The zero-order valence-electron chi connectivity index (χ0n) is 15.1. The van der Waals surface area contributed by atoms with Crippen molar-refractivity contribution in [3.63, 3.8) is 0 Å². The van der Waals surface area contributed by atoms with E-state index in [0.717, 1.165) is 0 Å². The number of sulfonamides is 1. The first-order valence-electron chi connectivity index (χ1n) is 8.39. The zero-order chi connectivity index (χ0) is 21.9. The molecule has 0 saturated carbocycles. The third-order valence-corrected chi connectivity index (χ3v) is 6.14. The topological polar surface area (TPSA) is 113 Å². The molecule has 0 fully saturated rings. The van der Waals surface area contributed by atoms with Gasteiger partial charge in [0.15, 0.2) is 0 Å². The standard InChI is InChI=1S/C20H14Cl2N2O5S/c21-16-10-7-13(11-17(16)22)24-30(28,29)14-8-5-12(6-9-14)19(25)23-18-4-2-1-3-15(18)20(26)27/h1-11,24H,(H,23,25)(H,26,27). The largest absolute Gasteiger partial charge is 0.478 e. The van der Waals surface area contributed by atoms with Crippen LogP contribution in [0, 0.1) is 0 Å². The van der Waals surface area contributed by atoms with Gasteiger partial charge in [0.1, 0.15) is 0 Å². The maximum Gasteiger partial charge on any atom is 0.337 e. The summed E-state index contributed by atoms with van der Waals surface area (Å²) in [6.45, 7) is 0. The maximum atomic E-state index is 12.5. The molecular formula is C20H14Cl2N2O5S. The number of rotatable bonds is 6.